The Balaban J connectivity index is 1.87. The third-order valence-corrected chi connectivity index (χ3v) is 7.94. The van der Waals surface area contributed by atoms with Crippen molar-refractivity contribution >= 4 is 39.9 Å². The number of benzene rings is 1. The maximum absolute atomic E-state index is 13.9. The number of nitrogens with one attached hydrogen (secondary N) is 2. The van der Waals surface area contributed by atoms with E-state index < -0.39 is 11.6 Å². The van der Waals surface area contributed by atoms with Crippen molar-refractivity contribution in [2.24, 2.45) is 0 Å². The third kappa shape index (κ3) is 6.07. The zero-order valence-electron chi connectivity index (χ0n) is 22.7. The van der Waals surface area contributed by atoms with Crippen LogP contribution in [0.25, 0.3) is 0 Å². The van der Waals surface area contributed by atoms with Gasteiger partial charge in [-0.3, -0.25) is 14.9 Å². The second kappa shape index (κ2) is 10.6. The minimum absolute atomic E-state index is 0.0676. The molecule has 0 unspecified atom stereocenters. The molecule has 0 radical (unpaired) electrons. The van der Waals surface area contributed by atoms with Gasteiger partial charge in [-0.2, -0.15) is 0 Å². The number of aryl methyl sites for hydroxylation is 1. The lowest BCUT2D eigenvalue weighted by molar-refractivity contribution is -0.146. The minimum Gasteiger partial charge on any atom is -0.338 e. The molecule has 1 saturated heterocycles. The number of urea groups is 1. The van der Waals surface area contributed by atoms with Crippen molar-refractivity contribution in [1.82, 2.24) is 14.7 Å². The molecule has 4 amide bonds. The summed E-state index contributed by atoms with van der Waals surface area (Å²) in [5.74, 6) is -0.319. The molecule has 0 atom stereocenters. The van der Waals surface area contributed by atoms with Crippen molar-refractivity contribution in [3.63, 3.8) is 0 Å². The molecule has 2 N–H and O–H groups in total. The van der Waals surface area contributed by atoms with Crippen LogP contribution in [0.5, 0.6) is 0 Å². The summed E-state index contributed by atoms with van der Waals surface area (Å²) in [6.07, 6.45) is 0. The van der Waals surface area contributed by atoms with Gasteiger partial charge in [0.05, 0.1) is 5.56 Å². The Morgan fingerprint density at radius 2 is 1.78 bits per heavy atom. The SMILES string of the molecule is Cc1ccccc1NC(=O)Nc1sc(C(C)(C)C)cc1C(=O)N1CCN(CCN(C)C)C(=O)C1(C)C. The van der Waals surface area contributed by atoms with Crippen LogP contribution in [0.2, 0.25) is 0 Å². The summed E-state index contributed by atoms with van der Waals surface area (Å²) in [7, 11) is 3.95. The van der Waals surface area contributed by atoms with E-state index in [1.807, 2.05) is 61.2 Å². The van der Waals surface area contributed by atoms with Gasteiger partial charge in [-0.1, -0.05) is 39.0 Å². The maximum Gasteiger partial charge on any atom is 0.324 e. The van der Waals surface area contributed by atoms with Crippen LogP contribution >= 0.6 is 11.3 Å². The van der Waals surface area contributed by atoms with Gasteiger partial charge in [0.1, 0.15) is 10.5 Å². The summed E-state index contributed by atoms with van der Waals surface area (Å²) < 4.78 is 0. The first-order valence-electron chi connectivity index (χ1n) is 12.3. The Bertz CT molecular complexity index is 1130. The highest BCUT2D eigenvalue weighted by molar-refractivity contribution is 7.16. The Kier molecular flexibility index (Phi) is 8.15. The van der Waals surface area contributed by atoms with Crippen LogP contribution in [0, 0.1) is 6.92 Å². The lowest BCUT2D eigenvalue weighted by Crippen LogP contribution is -2.65. The number of thiophene rings is 1. The van der Waals surface area contributed by atoms with Crippen LogP contribution < -0.4 is 10.6 Å². The smallest absolute Gasteiger partial charge is 0.324 e. The highest BCUT2D eigenvalue weighted by Gasteiger charge is 2.45. The predicted molar refractivity (Wildman–Crippen MR) is 147 cm³/mol. The number of carbonyl (C=O) groups excluding carboxylic acids is 3. The molecular weight excluding hydrogens is 474 g/mol. The van der Waals surface area contributed by atoms with Crippen molar-refractivity contribution in [1.29, 1.82) is 0 Å². The van der Waals surface area contributed by atoms with Gasteiger partial charge in [-0.15, -0.1) is 11.3 Å². The van der Waals surface area contributed by atoms with E-state index in [9.17, 15) is 14.4 Å². The number of para-hydroxylation sites is 1. The van der Waals surface area contributed by atoms with E-state index in [4.69, 9.17) is 0 Å². The van der Waals surface area contributed by atoms with E-state index in [0.717, 1.165) is 17.0 Å². The number of likely N-dealkylation sites (N-methyl/N-ethyl adjacent to an activating group) is 1. The van der Waals surface area contributed by atoms with Crippen molar-refractivity contribution in [2.75, 3.05) is 50.9 Å². The number of amides is 4. The van der Waals surface area contributed by atoms with E-state index in [-0.39, 0.29) is 17.2 Å². The molecule has 0 aliphatic carbocycles. The average molecular weight is 514 g/mol. The Hall–Kier alpha value is -2.91. The molecule has 1 aromatic heterocycles. The zero-order chi connectivity index (χ0) is 26.8. The van der Waals surface area contributed by atoms with Gasteiger partial charge < -0.3 is 20.0 Å². The number of piperazine rings is 1. The van der Waals surface area contributed by atoms with Gasteiger partial charge in [0, 0.05) is 36.7 Å². The first-order chi connectivity index (χ1) is 16.7. The van der Waals surface area contributed by atoms with Crippen LogP contribution in [-0.4, -0.2) is 78.4 Å². The topological polar surface area (TPSA) is 85.0 Å². The molecule has 1 aromatic carbocycles. The summed E-state index contributed by atoms with van der Waals surface area (Å²) in [5, 5.41) is 6.25. The van der Waals surface area contributed by atoms with Crippen molar-refractivity contribution in [3.8, 4) is 0 Å². The van der Waals surface area contributed by atoms with Gasteiger partial charge >= 0.3 is 6.03 Å². The van der Waals surface area contributed by atoms with Crippen molar-refractivity contribution < 1.29 is 14.4 Å². The van der Waals surface area contributed by atoms with Gasteiger partial charge in [0.2, 0.25) is 5.91 Å². The molecule has 1 aliphatic heterocycles. The van der Waals surface area contributed by atoms with Gasteiger partial charge in [-0.25, -0.2) is 4.79 Å². The Morgan fingerprint density at radius 1 is 1.11 bits per heavy atom. The van der Waals surface area contributed by atoms with E-state index in [2.05, 4.69) is 31.4 Å². The second-order valence-corrected chi connectivity index (χ2v) is 12.2. The minimum atomic E-state index is -0.994. The standard InChI is InChI=1S/C27H39N5O3S/c1-18-11-9-10-12-20(18)28-25(35)29-22-19(17-21(36-22)26(2,3)4)23(33)32-16-15-31(14-13-30(7)8)24(34)27(32,5)6/h9-12,17H,13-16H2,1-8H3,(H2,28,29,35). The average Bonchev–Trinajstić information content (AvgIpc) is 3.20. The fourth-order valence-corrected chi connectivity index (χ4v) is 5.22. The lowest BCUT2D eigenvalue weighted by atomic mass is 9.93. The number of rotatable bonds is 6. The Labute approximate surface area is 218 Å². The molecule has 1 aliphatic rings. The van der Waals surface area contributed by atoms with Crippen LogP contribution in [-0.2, 0) is 10.2 Å². The first-order valence-corrected chi connectivity index (χ1v) is 13.1. The predicted octanol–water partition coefficient (Wildman–Crippen LogP) is 4.62. The van der Waals surface area contributed by atoms with Crippen LogP contribution in [0.15, 0.2) is 30.3 Å². The largest absolute Gasteiger partial charge is 0.338 e. The summed E-state index contributed by atoms with van der Waals surface area (Å²) in [6, 6.07) is 8.97. The monoisotopic (exact) mass is 513 g/mol. The van der Waals surface area contributed by atoms with E-state index in [0.29, 0.717) is 35.9 Å². The number of nitrogens with zero attached hydrogens (tertiary/aromatic N) is 3. The van der Waals surface area contributed by atoms with Gasteiger partial charge in [0.25, 0.3) is 5.91 Å². The second-order valence-electron chi connectivity index (χ2n) is 11.1. The highest BCUT2D eigenvalue weighted by atomic mass is 32.1. The molecule has 8 nitrogen and oxygen atoms in total. The summed E-state index contributed by atoms with van der Waals surface area (Å²) in [6.45, 7) is 14.0. The highest BCUT2D eigenvalue weighted by Crippen LogP contribution is 2.38. The maximum atomic E-state index is 13.9. The molecule has 3 rings (SSSR count). The molecular formula is C27H39N5O3S. The summed E-state index contributed by atoms with van der Waals surface area (Å²) in [4.78, 5) is 46.5. The summed E-state index contributed by atoms with van der Waals surface area (Å²) >= 11 is 1.39. The van der Waals surface area contributed by atoms with Gasteiger partial charge in [-0.05, 0) is 58.0 Å². The number of anilines is 2. The lowest BCUT2D eigenvalue weighted by Gasteiger charge is -2.46. The van der Waals surface area contributed by atoms with E-state index in [1.165, 1.54) is 11.3 Å². The molecule has 9 heteroatoms. The van der Waals surface area contributed by atoms with E-state index >= 15 is 0 Å². The molecule has 0 bridgehead atoms. The normalized spacial score (nSPS) is 15.9. The van der Waals surface area contributed by atoms with Crippen molar-refractivity contribution in [2.45, 2.75) is 52.5 Å². The number of hydrogen-bond donors (Lipinski definition) is 2. The van der Waals surface area contributed by atoms with Gasteiger partial charge in [0.15, 0.2) is 0 Å². The summed E-state index contributed by atoms with van der Waals surface area (Å²) in [5.41, 5.74) is 0.857. The molecule has 0 saturated carbocycles. The van der Waals surface area contributed by atoms with Crippen LogP contribution in [0.1, 0.15) is 55.4 Å². The number of carbonyl (C=O) groups is 3. The fraction of sp³-hybridized carbons (Fsp3) is 0.519. The van der Waals surface area contributed by atoms with Crippen LogP contribution in [0.4, 0.5) is 15.5 Å². The first kappa shape index (κ1) is 27.7. The fourth-order valence-electron chi connectivity index (χ4n) is 4.12. The molecule has 2 heterocycles. The van der Waals surface area contributed by atoms with Crippen molar-refractivity contribution in [3.05, 3.63) is 46.3 Å². The molecule has 36 heavy (non-hydrogen) atoms. The van der Waals surface area contributed by atoms with Crippen LogP contribution in [0.3, 0.4) is 0 Å². The molecule has 2 aromatic rings. The molecule has 0 spiro atoms. The Morgan fingerprint density at radius 3 is 2.39 bits per heavy atom. The molecule has 1 fully saturated rings. The molecule has 196 valence electrons. The zero-order valence-corrected chi connectivity index (χ0v) is 23.5. The quantitative estimate of drug-likeness (QED) is 0.590. The number of hydrogen-bond acceptors (Lipinski definition) is 5. The van der Waals surface area contributed by atoms with E-state index in [1.54, 1.807) is 18.7 Å². The third-order valence-electron chi connectivity index (χ3n) is 6.46.